The molecule has 1 heterocycles. The van der Waals surface area contributed by atoms with E-state index in [4.69, 9.17) is 0 Å². The molecule has 17 heavy (non-hydrogen) atoms. The summed E-state index contributed by atoms with van der Waals surface area (Å²) in [4.78, 5) is 5.53. The Hall–Kier alpha value is -0.780. The highest BCUT2D eigenvalue weighted by atomic mass is 79.9. The standard InChI is InChI=1S/C12H12BrFN2S/c1-7(15-2)11-6-16-12(17-11)8-3-4-10(14)9(13)5-8/h3-7,15H,1-2H3. The minimum Gasteiger partial charge on any atom is -0.312 e. The molecule has 0 aliphatic rings. The van der Waals surface area contributed by atoms with E-state index in [1.807, 2.05) is 13.2 Å². The van der Waals surface area contributed by atoms with Crippen LogP contribution in [-0.2, 0) is 0 Å². The Balaban J connectivity index is 2.33. The number of halogens is 2. The first-order chi connectivity index (χ1) is 8.11. The molecule has 0 aliphatic carbocycles. The van der Waals surface area contributed by atoms with Crippen molar-refractivity contribution in [1.29, 1.82) is 0 Å². The van der Waals surface area contributed by atoms with Crippen molar-refractivity contribution in [2.75, 3.05) is 7.05 Å². The van der Waals surface area contributed by atoms with Gasteiger partial charge in [-0.15, -0.1) is 11.3 Å². The fourth-order valence-corrected chi connectivity index (χ4v) is 2.74. The minimum atomic E-state index is -0.255. The molecule has 0 aliphatic heterocycles. The van der Waals surface area contributed by atoms with Gasteiger partial charge in [0.15, 0.2) is 0 Å². The smallest absolute Gasteiger partial charge is 0.137 e. The maximum absolute atomic E-state index is 13.1. The van der Waals surface area contributed by atoms with E-state index in [9.17, 15) is 4.39 Å². The van der Waals surface area contributed by atoms with Gasteiger partial charge in [0, 0.05) is 22.7 Å². The fourth-order valence-electron chi connectivity index (χ4n) is 1.39. The molecule has 1 unspecified atom stereocenters. The van der Waals surface area contributed by atoms with Gasteiger partial charge in [-0.3, -0.25) is 0 Å². The van der Waals surface area contributed by atoms with E-state index >= 15 is 0 Å². The second-order valence-corrected chi connectivity index (χ2v) is 5.62. The average molecular weight is 315 g/mol. The topological polar surface area (TPSA) is 24.9 Å². The van der Waals surface area contributed by atoms with Crippen molar-refractivity contribution in [3.8, 4) is 10.6 Å². The predicted octanol–water partition coefficient (Wildman–Crippen LogP) is 3.99. The lowest BCUT2D eigenvalue weighted by atomic mass is 10.2. The van der Waals surface area contributed by atoms with Gasteiger partial charge < -0.3 is 5.32 Å². The molecule has 1 N–H and O–H groups in total. The summed E-state index contributed by atoms with van der Waals surface area (Å²) in [6.45, 7) is 2.08. The lowest BCUT2D eigenvalue weighted by Gasteiger charge is -2.04. The number of hydrogen-bond donors (Lipinski definition) is 1. The summed E-state index contributed by atoms with van der Waals surface area (Å²) in [7, 11) is 1.92. The zero-order valence-corrected chi connectivity index (χ0v) is 11.9. The zero-order chi connectivity index (χ0) is 12.4. The highest BCUT2D eigenvalue weighted by Gasteiger charge is 2.10. The van der Waals surface area contributed by atoms with Crippen molar-refractivity contribution >= 4 is 27.3 Å². The summed E-state index contributed by atoms with van der Waals surface area (Å²) in [6, 6.07) is 5.22. The van der Waals surface area contributed by atoms with E-state index < -0.39 is 0 Å². The van der Waals surface area contributed by atoms with Crippen molar-refractivity contribution in [1.82, 2.24) is 10.3 Å². The Morgan fingerprint density at radius 1 is 1.47 bits per heavy atom. The maximum Gasteiger partial charge on any atom is 0.137 e. The highest BCUT2D eigenvalue weighted by molar-refractivity contribution is 9.10. The molecule has 0 bridgehead atoms. The summed E-state index contributed by atoms with van der Waals surface area (Å²) in [5.74, 6) is -0.255. The van der Waals surface area contributed by atoms with Gasteiger partial charge in [-0.05, 0) is 48.1 Å². The number of hydrogen-bond acceptors (Lipinski definition) is 3. The predicted molar refractivity (Wildman–Crippen MR) is 72.7 cm³/mol. The van der Waals surface area contributed by atoms with Crippen LogP contribution in [0.5, 0.6) is 0 Å². The summed E-state index contributed by atoms with van der Waals surface area (Å²) in [5, 5.41) is 4.07. The van der Waals surface area contributed by atoms with Gasteiger partial charge >= 0.3 is 0 Å². The van der Waals surface area contributed by atoms with Gasteiger partial charge in [0.2, 0.25) is 0 Å². The van der Waals surface area contributed by atoms with Crippen LogP contribution in [0.1, 0.15) is 17.8 Å². The van der Waals surface area contributed by atoms with Crippen molar-refractivity contribution in [3.63, 3.8) is 0 Å². The van der Waals surface area contributed by atoms with Crippen molar-refractivity contribution < 1.29 is 4.39 Å². The van der Waals surface area contributed by atoms with Crippen molar-refractivity contribution in [2.24, 2.45) is 0 Å². The zero-order valence-electron chi connectivity index (χ0n) is 9.50. The molecule has 0 saturated carbocycles. The van der Waals surface area contributed by atoms with Crippen molar-refractivity contribution in [3.05, 3.63) is 39.6 Å². The average Bonchev–Trinajstić information content (AvgIpc) is 2.81. The quantitative estimate of drug-likeness (QED) is 0.926. The van der Waals surface area contributed by atoms with Crippen LogP contribution in [0.4, 0.5) is 4.39 Å². The number of nitrogens with zero attached hydrogens (tertiary/aromatic N) is 1. The molecule has 0 amide bonds. The molecule has 1 aromatic heterocycles. The monoisotopic (exact) mass is 314 g/mol. The number of nitrogens with one attached hydrogen (secondary N) is 1. The van der Waals surface area contributed by atoms with E-state index in [1.165, 1.54) is 10.9 Å². The van der Waals surface area contributed by atoms with Crippen LogP contribution >= 0.6 is 27.3 Å². The van der Waals surface area contributed by atoms with Crippen LogP contribution in [-0.4, -0.2) is 12.0 Å². The largest absolute Gasteiger partial charge is 0.312 e. The van der Waals surface area contributed by atoms with Gasteiger partial charge in [-0.25, -0.2) is 9.37 Å². The first-order valence-electron chi connectivity index (χ1n) is 5.20. The Morgan fingerprint density at radius 2 is 2.24 bits per heavy atom. The van der Waals surface area contributed by atoms with E-state index in [1.54, 1.807) is 23.5 Å². The van der Waals surface area contributed by atoms with Crippen LogP contribution in [0.2, 0.25) is 0 Å². The number of aromatic nitrogens is 1. The minimum absolute atomic E-state index is 0.255. The van der Waals surface area contributed by atoms with Crippen LogP contribution in [0, 0.1) is 5.82 Å². The second kappa shape index (κ2) is 5.25. The fraction of sp³-hybridized carbons (Fsp3) is 0.250. The van der Waals surface area contributed by atoms with E-state index in [0.717, 1.165) is 10.6 Å². The summed E-state index contributed by atoms with van der Waals surface area (Å²) >= 11 is 4.80. The molecular weight excluding hydrogens is 303 g/mol. The van der Waals surface area contributed by atoms with Crippen LogP contribution < -0.4 is 5.32 Å². The molecule has 5 heteroatoms. The van der Waals surface area contributed by atoms with E-state index in [2.05, 4.69) is 33.2 Å². The van der Waals surface area contributed by atoms with Crippen LogP contribution in [0.3, 0.4) is 0 Å². The molecule has 0 spiro atoms. The summed E-state index contributed by atoms with van der Waals surface area (Å²) in [5.41, 5.74) is 0.929. The first kappa shape index (κ1) is 12.7. The summed E-state index contributed by atoms with van der Waals surface area (Å²) in [6.07, 6.45) is 1.86. The first-order valence-corrected chi connectivity index (χ1v) is 6.81. The molecular formula is C12H12BrFN2S. The lowest BCUT2D eigenvalue weighted by molar-refractivity contribution is 0.621. The van der Waals surface area contributed by atoms with Crippen LogP contribution in [0.25, 0.3) is 10.6 Å². The third kappa shape index (κ3) is 2.73. The molecule has 1 atom stereocenters. The Morgan fingerprint density at radius 3 is 2.88 bits per heavy atom. The highest BCUT2D eigenvalue weighted by Crippen LogP contribution is 2.30. The summed E-state index contributed by atoms with van der Waals surface area (Å²) < 4.78 is 13.6. The molecule has 0 radical (unpaired) electrons. The van der Waals surface area contributed by atoms with E-state index in [0.29, 0.717) is 4.47 Å². The van der Waals surface area contributed by atoms with Crippen LogP contribution in [0.15, 0.2) is 28.9 Å². The maximum atomic E-state index is 13.1. The number of benzene rings is 1. The molecule has 90 valence electrons. The molecule has 2 aromatic rings. The van der Waals surface area contributed by atoms with Gasteiger partial charge in [0.05, 0.1) is 4.47 Å². The molecule has 0 fully saturated rings. The number of rotatable bonds is 3. The molecule has 0 saturated heterocycles. The van der Waals surface area contributed by atoms with Gasteiger partial charge in [-0.1, -0.05) is 0 Å². The SMILES string of the molecule is CNC(C)c1cnc(-c2ccc(F)c(Br)c2)s1. The number of thiazole rings is 1. The van der Waals surface area contributed by atoms with Gasteiger partial charge in [0.1, 0.15) is 10.8 Å². The molecule has 2 rings (SSSR count). The van der Waals surface area contributed by atoms with Gasteiger partial charge in [-0.2, -0.15) is 0 Å². The van der Waals surface area contributed by atoms with E-state index in [-0.39, 0.29) is 11.9 Å². The van der Waals surface area contributed by atoms with Crippen molar-refractivity contribution in [2.45, 2.75) is 13.0 Å². The normalized spacial score (nSPS) is 12.7. The third-order valence-corrected chi connectivity index (χ3v) is 4.39. The van der Waals surface area contributed by atoms with Gasteiger partial charge in [0.25, 0.3) is 0 Å². The molecule has 1 aromatic carbocycles. The lowest BCUT2D eigenvalue weighted by Crippen LogP contribution is -2.10. The Kier molecular flexibility index (Phi) is 3.91. The molecule has 2 nitrogen and oxygen atoms in total. The third-order valence-electron chi connectivity index (χ3n) is 2.55. The Labute approximate surface area is 112 Å². The second-order valence-electron chi connectivity index (χ2n) is 3.71. The Bertz CT molecular complexity index is 527.